The first-order chi connectivity index (χ1) is 8.36. The molecule has 0 saturated carbocycles. The van der Waals surface area contributed by atoms with Gasteiger partial charge >= 0.3 is 0 Å². The highest BCUT2D eigenvalue weighted by molar-refractivity contribution is 5.21. The summed E-state index contributed by atoms with van der Waals surface area (Å²) in [6.45, 7) is 4.47. The second kappa shape index (κ2) is 9.09. The van der Waals surface area contributed by atoms with Gasteiger partial charge in [0.25, 0.3) is 0 Å². The van der Waals surface area contributed by atoms with E-state index < -0.39 is 0 Å². The van der Waals surface area contributed by atoms with Gasteiger partial charge in [-0.25, -0.2) is 0 Å². The van der Waals surface area contributed by atoms with Crippen molar-refractivity contribution in [2.24, 2.45) is 0 Å². The Balaban J connectivity index is 2.20. The maximum Gasteiger partial charge on any atom is 0.119 e. The largest absolute Gasteiger partial charge is 0.490 e. The molecule has 1 heteroatoms. The third kappa shape index (κ3) is 6.35. The number of hydrogen-bond acceptors (Lipinski definition) is 1. The van der Waals surface area contributed by atoms with Crippen molar-refractivity contribution in [3.8, 4) is 5.75 Å². The lowest BCUT2D eigenvalue weighted by Crippen LogP contribution is -2.15. The van der Waals surface area contributed by atoms with Crippen LogP contribution in [0.5, 0.6) is 5.75 Å². The molecule has 0 bridgehead atoms. The molecule has 96 valence electrons. The lowest BCUT2D eigenvalue weighted by atomic mass is 10.1. The SMILES string of the molecule is CCCCCCCC(CC)Oc1ccccc1. The minimum atomic E-state index is 0.388. The fourth-order valence-corrected chi connectivity index (χ4v) is 2.01. The van der Waals surface area contributed by atoms with Crippen LogP contribution in [-0.4, -0.2) is 6.10 Å². The van der Waals surface area contributed by atoms with Crippen molar-refractivity contribution in [3.63, 3.8) is 0 Å². The van der Waals surface area contributed by atoms with Crippen LogP contribution in [0.15, 0.2) is 30.3 Å². The molecule has 0 aromatic heterocycles. The second-order valence-corrected chi connectivity index (χ2v) is 4.66. The summed E-state index contributed by atoms with van der Waals surface area (Å²) in [5.41, 5.74) is 0. The van der Waals surface area contributed by atoms with E-state index in [1.807, 2.05) is 30.3 Å². The molecule has 0 aliphatic heterocycles. The lowest BCUT2D eigenvalue weighted by molar-refractivity contribution is 0.182. The van der Waals surface area contributed by atoms with Gasteiger partial charge in [-0.15, -0.1) is 0 Å². The molecule has 0 spiro atoms. The molecule has 0 radical (unpaired) electrons. The van der Waals surface area contributed by atoms with Crippen molar-refractivity contribution in [2.75, 3.05) is 0 Å². The molecule has 1 nitrogen and oxygen atoms in total. The highest BCUT2D eigenvalue weighted by atomic mass is 16.5. The summed E-state index contributed by atoms with van der Waals surface area (Å²) in [4.78, 5) is 0. The minimum Gasteiger partial charge on any atom is -0.490 e. The molecule has 1 unspecified atom stereocenters. The number of ether oxygens (including phenoxy) is 1. The average Bonchev–Trinajstić information content (AvgIpc) is 2.38. The van der Waals surface area contributed by atoms with Crippen LogP contribution >= 0.6 is 0 Å². The Morgan fingerprint density at radius 3 is 2.29 bits per heavy atom. The molecule has 0 fully saturated rings. The predicted molar refractivity (Wildman–Crippen MR) is 74.5 cm³/mol. The number of para-hydroxylation sites is 1. The normalized spacial score (nSPS) is 12.4. The van der Waals surface area contributed by atoms with Gasteiger partial charge in [0.15, 0.2) is 0 Å². The van der Waals surface area contributed by atoms with E-state index in [9.17, 15) is 0 Å². The first-order valence-corrected chi connectivity index (χ1v) is 7.08. The number of rotatable bonds is 9. The monoisotopic (exact) mass is 234 g/mol. The van der Waals surface area contributed by atoms with Crippen LogP contribution < -0.4 is 4.74 Å². The predicted octanol–water partition coefficient (Wildman–Crippen LogP) is 5.20. The molecule has 1 atom stereocenters. The van der Waals surface area contributed by atoms with E-state index in [0.29, 0.717) is 6.10 Å². The van der Waals surface area contributed by atoms with Crippen LogP contribution in [0.4, 0.5) is 0 Å². The van der Waals surface area contributed by atoms with E-state index >= 15 is 0 Å². The van der Waals surface area contributed by atoms with E-state index in [-0.39, 0.29) is 0 Å². The van der Waals surface area contributed by atoms with Crippen molar-refractivity contribution in [2.45, 2.75) is 64.9 Å². The van der Waals surface area contributed by atoms with Crippen LogP contribution in [0.3, 0.4) is 0 Å². The van der Waals surface area contributed by atoms with Crippen LogP contribution in [0.1, 0.15) is 58.8 Å². The molecule has 0 heterocycles. The van der Waals surface area contributed by atoms with Crippen molar-refractivity contribution in [1.82, 2.24) is 0 Å². The molecule has 1 aromatic carbocycles. The highest BCUT2D eigenvalue weighted by Gasteiger charge is 2.07. The van der Waals surface area contributed by atoms with E-state index in [1.54, 1.807) is 0 Å². The Hall–Kier alpha value is -0.980. The topological polar surface area (TPSA) is 9.23 Å². The zero-order valence-electron chi connectivity index (χ0n) is 11.3. The minimum absolute atomic E-state index is 0.388. The standard InChI is InChI=1S/C16H26O/c1-3-5-6-7-9-12-15(4-2)17-16-13-10-8-11-14-16/h8,10-11,13-15H,3-7,9,12H2,1-2H3. The lowest BCUT2D eigenvalue weighted by Gasteiger charge is -2.17. The quantitative estimate of drug-likeness (QED) is 0.533. The van der Waals surface area contributed by atoms with Gasteiger partial charge in [0.1, 0.15) is 5.75 Å². The number of unbranched alkanes of at least 4 members (excludes halogenated alkanes) is 4. The van der Waals surface area contributed by atoms with Gasteiger partial charge in [0.05, 0.1) is 6.10 Å². The summed E-state index contributed by atoms with van der Waals surface area (Å²) in [5.74, 6) is 1.01. The van der Waals surface area contributed by atoms with Gasteiger partial charge in [0.2, 0.25) is 0 Å². The maximum atomic E-state index is 5.97. The van der Waals surface area contributed by atoms with Gasteiger partial charge < -0.3 is 4.74 Å². The molecule has 1 rings (SSSR count). The maximum absolute atomic E-state index is 5.97. The Kier molecular flexibility index (Phi) is 7.53. The third-order valence-corrected chi connectivity index (χ3v) is 3.13. The number of hydrogen-bond donors (Lipinski definition) is 0. The van der Waals surface area contributed by atoms with Crippen molar-refractivity contribution in [3.05, 3.63) is 30.3 Å². The Morgan fingerprint density at radius 1 is 0.941 bits per heavy atom. The average molecular weight is 234 g/mol. The van der Waals surface area contributed by atoms with Gasteiger partial charge in [-0.05, 0) is 31.4 Å². The van der Waals surface area contributed by atoms with Crippen LogP contribution in [-0.2, 0) is 0 Å². The Morgan fingerprint density at radius 2 is 1.65 bits per heavy atom. The van der Waals surface area contributed by atoms with E-state index in [4.69, 9.17) is 4.74 Å². The molecular formula is C16H26O. The van der Waals surface area contributed by atoms with Gasteiger partial charge in [0, 0.05) is 0 Å². The molecule has 1 aromatic rings. The first kappa shape index (κ1) is 14.1. The zero-order valence-corrected chi connectivity index (χ0v) is 11.3. The fourth-order valence-electron chi connectivity index (χ4n) is 2.01. The van der Waals surface area contributed by atoms with Crippen molar-refractivity contribution >= 4 is 0 Å². The van der Waals surface area contributed by atoms with Gasteiger partial charge in [-0.3, -0.25) is 0 Å². The summed E-state index contributed by atoms with van der Waals surface area (Å²) >= 11 is 0. The molecule has 0 aliphatic rings. The van der Waals surface area contributed by atoms with Gasteiger partial charge in [-0.1, -0.05) is 57.7 Å². The number of benzene rings is 1. The van der Waals surface area contributed by atoms with Crippen molar-refractivity contribution < 1.29 is 4.74 Å². The molecule has 0 N–H and O–H groups in total. The second-order valence-electron chi connectivity index (χ2n) is 4.66. The Labute approximate surface area is 106 Å². The molecule has 17 heavy (non-hydrogen) atoms. The fraction of sp³-hybridized carbons (Fsp3) is 0.625. The summed E-state index contributed by atoms with van der Waals surface area (Å²) in [7, 11) is 0. The van der Waals surface area contributed by atoms with E-state index in [2.05, 4.69) is 13.8 Å². The summed E-state index contributed by atoms with van der Waals surface area (Å²) < 4.78 is 5.97. The summed E-state index contributed by atoms with van der Waals surface area (Å²) in [5, 5.41) is 0. The molecular weight excluding hydrogens is 208 g/mol. The smallest absolute Gasteiger partial charge is 0.119 e. The van der Waals surface area contributed by atoms with Crippen LogP contribution in [0.2, 0.25) is 0 Å². The summed E-state index contributed by atoms with van der Waals surface area (Å²) in [6.07, 6.45) is 9.39. The van der Waals surface area contributed by atoms with Crippen molar-refractivity contribution in [1.29, 1.82) is 0 Å². The van der Waals surface area contributed by atoms with Crippen LogP contribution in [0.25, 0.3) is 0 Å². The zero-order chi connectivity index (χ0) is 12.3. The summed E-state index contributed by atoms with van der Waals surface area (Å²) in [6, 6.07) is 10.2. The van der Waals surface area contributed by atoms with E-state index in [0.717, 1.165) is 12.2 Å². The molecule has 0 saturated heterocycles. The first-order valence-electron chi connectivity index (χ1n) is 7.08. The van der Waals surface area contributed by atoms with Gasteiger partial charge in [-0.2, -0.15) is 0 Å². The highest BCUT2D eigenvalue weighted by Crippen LogP contribution is 2.17. The van der Waals surface area contributed by atoms with E-state index in [1.165, 1.54) is 38.5 Å². The van der Waals surface area contributed by atoms with Crippen LogP contribution in [0, 0.1) is 0 Å². The molecule has 0 amide bonds. The Bertz CT molecular complexity index is 268. The third-order valence-electron chi connectivity index (χ3n) is 3.13. The molecule has 0 aliphatic carbocycles.